The SMILES string of the molecule is CCNc1cnc(C(C)C)nc1C(=O)NCCC(=O)NC. The molecule has 0 aliphatic heterocycles. The van der Waals surface area contributed by atoms with E-state index < -0.39 is 0 Å². The van der Waals surface area contributed by atoms with Gasteiger partial charge in [0.2, 0.25) is 5.91 Å². The van der Waals surface area contributed by atoms with E-state index in [1.165, 1.54) is 0 Å². The van der Waals surface area contributed by atoms with Crippen LogP contribution in [0.15, 0.2) is 6.20 Å². The Morgan fingerprint density at radius 3 is 2.62 bits per heavy atom. The summed E-state index contributed by atoms with van der Waals surface area (Å²) in [6, 6.07) is 0. The van der Waals surface area contributed by atoms with E-state index in [1.54, 1.807) is 13.2 Å². The fourth-order valence-electron chi connectivity index (χ4n) is 1.66. The number of nitrogens with one attached hydrogen (secondary N) is 3. The number of anilines is 1. The van der Waals surface area contributed by atoms with E-state index in [4.69, 9.17) is 0 Å². The molecule has 2 amide bonds. The third-order valence-electron chi connectivity index (χ3n) is 2.82. The summed E-state index contributed by atoms with van der Waals surface area (Å²) in [4.78, 5) is 31.9. The normalized spacial score (nSPS) is 10.3. The quantitative estimate of drug-likeness (QED) is 0.694. The summed E-state index contributed by atoms with van der Waals surface area (Å²) >= 11 is 0. The van der Waals surface area contributed by atoms with Gasteiger partial charge in [0.05, 0.1) is 11.9 Å². The van der Waals surface area contributed by atoms with Gasteiger partial charge in [-0.2, -0.15) is 0 Å². The van der Waals surface area contributed by atoms with Crippen LogP contribution in [0.2, 0.25) is 0 Å². The van der Waals surface area contributed by atoms with Gasteiger partial charge >= 0.3 is 0 Å². The molecule has 0 aliphatic carbocycles. The highest BCUT2D eigenvalue weighted by molar-refractivity contribution is 5.97. The third-order valence-corrected chi connectivity index (χ3v) is 2.82. The lowest BCUT2D eigenvalue weighted by Gasteiger charge is -2.12. The number of rotatable bonds is 7. The largest absolute Gasteiger partial charge is 0.382 e. The summed E-state index contributed by atoms with van der Waals surface area (Å²) in [6.07, 6.45) is 1.86. The van der Waals surface area contributed by atoms with Gasteiger partial charge in [0, 0.05) is 32.5 Å². The molecule has 21 heavy (non-hydrogen) atoms. The molecule has 0 aliphatic rings. The molecule has 1 aromatic rings. The van der Waals surface area contributed by atoms with Gasteiger partial charge in [0.25, 0.3) is 5.91 Å². The lowest BCUT2D eigenvalue weighted by Crippen LogP contribution is -2.30. The van der Waals surface area contributed by atoms with Crippen molar-refractivity contribution in [2.75, 3.05) is 25.5 Å². The zero-order chi connectivity index (χ0) is 15.8. The number of nitrogens with zero attached hydrogens (tertiary/aromatic N) is 2. The average Bonchev–Trinajstić information content (AvgIpc) is 2.47. The molecule has 7 nitrogen and oxygen atoms in total. The zero-order valence-corrected chi connectivity index (χ0v) is 13.0. The van der Waals surface area contributed by atoms with E-state index in [-0.39, 0.29) is 30.7 Å². The first-order valence-electron chi connectivity index (χ1n) is 7.09. The van der Waals surface area contributed by atoms with Gasteiger partial charge in [0.15, 0.2) is 5.69 Å². The predicted molar refractivity (Wildman–Crippen MR) is 81.3 cm³/mol. The molecule has 0 radical (unpaired) electrons. The van der Waals surface area contributed by atoms with Gasteiger partial charge < -0.3 is 16.0 Å². The van der Waals surface area contributed by atoms with Crippen LogP contribution in [0.25, 0.3) is 0 Å². The van der Waals surface area contributed by atoms with Crippen LogP contribution in [0.1, 0.15) is 49.4 Å². The summed E-state index contributed by atoms with van der Waals surface area (Å²) in [6.45, 7) is 6.81. The highest BCUT2D eigenvalue weighted by Gasteiger charge is 2.16. The first kappa shape index (κ1) is 16.9. The first-order chi connectivity index (χ1) is 9.99. The first-order valence-corrected chi connectivity index (χ1v) is 7.09. The van der Waals surface area contributed by atoms with Crippen LogP contribution in [0.4, 0.5) is 5.69 Å². The molecular weight excluding hydrogens is 270 g/mol. The van der Waals surface area contributed by atoms with Crippen LogP contribution >= 0.6 is 0 Å². The van der Waals surface area contributed by atoms with Crippen LogP contribution in [0, 0.1) is 0 Å². The second-order valence-corrected chi connectivity index (χ2v) is 4.85. The number of amides is 2. The van der Waals surface area contributed by atoms with Crippen LogP contribution in [0.3, 0.4) is 0 Å². The minimum absolute atomic E-state index is 0.118. The van der Waals surface area contributed by atoms with Crippen molar-refractivity contribution in [3.05, 3.63) is 17.7 Å². The van der Waals surface area contributed by atoms with Crippen molar-refractivity contribution in [1.82, 2.24) is 20.6 Å². The summed E-state index contributed by atoms with van der Waals surface area (Å²) in [5.74, 6) is 0.332. The van der Waals surface area contributed by atoms with Gasteiger partial charge in [-0.3, -0.25) is 9.59 Å². The number of hydrogen-bond acceptors (Lipinski definition) is 5. The van der Waals surface area contributed by atoms with Crippen molar-refractivity contribution >= 4 is 17.5 Å². The lowest BCUT2D eigenvalue weighted by atomic mass is 10.2. The predicted octanol–water partition coefficient (Wildman–Crippen LogP) is 0.898. The molecule has 0 spiro atoms. The highest BCUT2D eigenvalue weighted by atomic mass is 16.2. The van der Waals surface area contributed by atoms with Crippen molar-refractivity contribution in [1.29, 1.82) is 0 Å². The van der Waals surface area contributed by atoms with Crippen molar-refractivity contribution < 1.29 is 9.59 Å². The van der Waals surface area contributed by atoms with E-state index in [0.29, 0.717) is 23.8 Å². The summed E-state index contributed by atoms with van der Waals surface area (Å²) in [5.41, 5.74) is 0.909. The topological polar surface area (TPSA) is 96.0 Å². The number of hydrogen-bond donors (Lipinski definition) is 3. The van der Waals surface area contributed by atoms with E-state index in [1.807, 2.05) is 20.8 Å². The molecule has 0 aromatic carbocycles. The second-order valence-electron chi connectivity index (χ2n) is 4.85. The second kappa shape index (κ2) is 8.18. The molecule has 1 aromatic heterocycles. The Labute approximate surface area is 124 Å². The van der Waals surface area contributed by atoms with Crippen LogP contribution < -0.4 is 16.0 Å². The Morgan fingerprint density at radius 1 is 1.33 bits per heavy atom. The molecule has 0 bridgehead atoms. The fourth-order valence-corrected chi connectivity index (χ4v) is 1.66. The number of aromatic nitrogens is 2. The maximum atomic E-state index is 12.2. The lowest BCUT2D eigenvalue weighted by molar-refractivity contribution is -0.120. The summed E-state index contributed by atoms with van der Waals surface area (Å²) in [7, 11) is 1.56. The molecule has 0 saturated heterocycles. The smallest absolute Gasteiger partial charge is 0.272 e. The van der Waals surface area contributed by atoms with Crippen molar-refractivity contribution in [3.8, 4) is 0 Å². The zero-order valence-electron chi connectivity index (χ0n) is 13.0. The summed E-state index contributed by atoms with van der Waals surface area (Å²) in [5, 5.41) is 8.27. The Hall–Kier alpha value is -2.18. The molecule has 116 valence electrons. The molecule has 7 heteroatoms. The Bertz CT molecular complexity index is 502. The van der Waals surface area contributed by atoms with Crippen molar-refractivity contribution in [3.63, 3.8) is 0 Å². The van der Waals surface area contributed by atoms with Crippen LogP contribution in [-0.2, 0) is 4.79 Å². The van der Waals surface area contributed by atoms with Gasteiger partial charge in [-0.05, 0) is 6.92 Å². The minimum atomic E-state index is -0.306. The monoisotopic (exact) mass is 293 g/mol. The minimum Gasteiger partial charge on any atom is -0.382 e. The Kier molecular flexibility index (Phi) is 6.58. The third kappa shape index (κ3) is 5.02. The van der Waals surface area contributed by atoms with Gasteiger partial charge in [-0.15, -0.1) is 0 Å². The van der Waals surface area contributed by atoms with Crippen molar-refractivity contribution in [2.24, 2.45) is 0 Å². The van der Waals surface area contributed by atoms with Gasteiger partial charge in [-0.1, -0.05) is 13.8 Å². The van der Waals surface area contributed by atoms with Crippen LogP contribution in [0.5, 0.6) is 0 Å². The van der Waals surface area contributed by atoms with E-state index in [2.05, 4.69) is 25.9 Å². The van der Waals surface area contributed by atoms with E-state index in [0.717, 1.165) is 0 Å². The van der Waals surface area contributed by atoms with Gasteiger partial charge in [0.1, 0.15) is 5.82 Å². The average molecular weight is 293 g/mol. The molecule has 0 unspecified atom stereocenters. The fraction of sp³-hybridized carbons (Fsp3) is 0.571. The maximum absolute atomic E-state index is 12.2. The molecule has 0 saturated carbocycles. The highest BCUT2D eigenvalue weighted by Crippen LogP contribution is 2.16. The molecule has 1 heterocycles. The molecule has 0 fully saturated rings. The molecular formula is C14H23N5O2. The van der Waals surface area contributed by atoms with E-state index in [9.17, 15) is 9.59 Å². The van der Waals surface area contributed by atoms with Gasteiger partial charge in [-0.25, -0.2) is 9.97 Å². The standard InChI is InChI=1S/C14H23N5O2/c1-5-16-10-8-18-13(9(2)3)19-12(10)14(21)17-7-6-11(20)15-4/h8-9,16H,5-7H2,1-4H3,(H,15,20)(H,17,21). The number of carbonyl (C=O) groups excluding carboxylic acids is 2. The molecule has 3 N–H and O–H groups in total. The van der Waals surface area contributed by atoms with E-state index >= 15 is 0 Å². The molecule has 1 rings (SSSR count). The summed E-state index contributed by atoms with van der Waals surface area (Å²) < 4.78 is 0. The maximum Gasteiger partial charge on any atom is 0.272 e. The Balaban J connectivity index is 2.84. The molecule has 0 atom stereocenters. The van der Waals surface area contributed by atoms with Crippen LogP contribution in [-0.4, -0.2) is 41.9 Å². The number of carbonyl (C=O) groups is 2. The Morgan fingerprint density at radius 2 is 2.05 bits per heavy atom. The van der Waals surface area contributed by atoms with Crippen molar-refractivity contribution in [2.45, 2.75) is 33.1 Å².